The van der Waals surface area contributed by atoms with Crippen LogP contribution >= 0.6 is 0 Å². The largest absolute Gasteiger partial charge is 0.0616 e. The van der Waals surface area contributed by atoms with Crippen LogP contribution in [0.3, 0.4) is 0 Å². The van der Waals surface area contributed by atoms with E-state index in [2.05, 4.69) is 78.9 Å². The van der Waals surface area contributed by atoms with Gasteiger partial charge in [-0.15, -0.1) is 0 Å². The van der Waals surface area contributed by atoms with Gasteiger partial charge in [-0.05, 0) is 55.2 Å². The zero-order valence-corrected chi connectivity index (χ0v) is 12.0. The molecule has 0 saturated carbocycles. The third-order valence-corrected chi connectivity index (χ3v) is 4.57. The molecule has 0 fully saturated rings. The standard InChI is InChI=1S/C22H13/c1-2-8-16-15(7-1)13-14-21-19-11-4-3-9-17(19)18-10-5-6-12-20(18)22(16)21/h2-14H. The van der Waals surface area contributed by atoms with Gasteiger partial charge in [-0.1, -0.05) is 72.8 Å². The predicted octanol–water partition coefficient (Wildman–Crippen LogP) is 6.10. The fraction of sp³-hybridized carbons (Fsp3) is 0. The summed E-state index contributed by atoms with van der Waals surface area (Å²) in [5.74, 6) is 0. The van der Waals surface area contributed by atoms with Gasteiger partial charge in [0, 0.05) is 0 Å². The molecule has 0 aromatic heterocycles. The summed E-state index contributed by atoms with van der Waals surface area (Å²) < 4.78 is 0. The number of benzene rings is 5. The quantitative estimate of drug-likeness (QED) is 0.300. The minimum atomic E-state index is 1.25. The number of rotatable bonds is 0. The summed E-state index contributed by atoms with van der Waals surface area (Å²) in [6.45, 7) is 0. The molecule has 101 valence electrons. The van der Waals surface area contributed by atoms with Crippen LogP contribution in [0.2, 0.25) is 0 Å². The lowest BCUT2D eigenvalue weighted by molar-refractivity contribution is 1.77. The van der Waals surface area contributed by atoms with Crippen molar-refractivity contribution in [1.82, 2.24) is 0 Å². The van der Waals surface area contributed by atoms with Crippen molar-refractivity contribution in [2.24, 2.45) is 0 Å². The van der Waals surface area contributed by atoms with E-state index in [-0.39, 0.29) is 0 Å². The van der Waals surface area contributed by atoms with E-state index in [9.17, 15) is 0 Å². The molecule has 0 amide bonds. The van der Waals surface area contributed by atoms with E-state index in [4.69, 9.17) is 0 Å². The second-order valence-corrected chi connectivity index (χ2v) is 5.73. The average molecular weight is 277 g/mol. The highest BCUT2D eigenvalue weighted by atomic mass is 14.1. The van der Waals surface area contributed by atoms with Crippen LogP contribution in [-0.4, -0.2) is 0 Å². The van der Waals surface area contributed by atoms with Crippen molar-refractivity contribution in [2.75, 3.05) is 0 Å². The van der Waals surface area contributed by atoms with Gasteiger partial charge in [-0.2, -0.15) is 0 Å². The number of fused-ring (bicyclic) bond motifs is 8. The van der Waals surface area contributed by atoms with Gasteiger partial charge in [0.15, 0.2) is 0 Å². The highest BCUT2D eigenvalue weighted by molar-refractivity contribution is 6.31. The fourth-order valence-corrected chi connectivity index (χ4v) is 3.61. The maximum atomic E-state index is 3.19. The van der Waals surface area contributed by atoms with E-state index in [1.165, 1.54) is 43.1 Å². The smallest absolute Gasteiger partial charge is 0.00204 e. The lowest BCUT2D eigenvalue weighted by atomic mass is 9.91. The Bertz CT molecular complexity index is 1120. The second kappa shape index (κ2) is 4.32. The molecule has 0 atom stereocenters. The molecule has 0 saturated heterocycles. The van der Waals surface area contributed by atoms with E-state index < -0.39 is 0 Å². The predicted molar refractivity (Wildman–Crippen MR) is 95.3 cm³/mol. The molecule has 0 aliphatic rings. The molecular formula is C22H13. The van der Waals surface area contributed by atoms with E-state index in [1.807, 2.05) is 6.07 Å². The highest BCUT2D eigenvalue weighted by Gasteiger charge is 2.10. The Morgan fingerprint density at radius 2 is 1.09 bits per heavy atom. The summed E-state index contributed by atoms with van der Waals surface area (Å²) in [5, 5.41) is 10.5. The molecule has 0 unspecified atom stereocenters. The van der Waals surface area contributed by atoms with Gasteiger partial charge in [-0.25, -0.2) is 0 Å². The van der Waals surface area contributed by atoms with Crippen molar-refractivity contribution >= 4 is 43.1 Å². The Morgan fingerprint density at radius 1 is 0.500 bits per heavy atom. The first-order valence-corrected chi connectivity index (χ1v) is 7.55. The van der Waals surface area contributed by atoms with E-state index in [0.29, 0.717) is 0 Å². The minimum Gasteiger partial charge on any atom is -0.0616 e. The van der Waals surface area contributed by atoms with Crippen LogP contribution in [0, 0.1) is 6.07 Å². The lowest BCUT2D eigenvalue weighted by Crippen LogP contribution is -1.84. The number of hydrogen-bond donors (Lipinski definition) is 0. The molecule has 5 rings (SSSR count). The highest BCUT2D eigenvalue weighted by Crippen LogP contribution is 2.38. The summed E-state index contributed by atoms with van der Waals surface area (Å²) in [4.78, 5) is 0. The van der Waals surface area contributed by atoms with Crippen molar-refractivity contribution < 1.29 is 0 Å². The van der Waals surface area contributed by atoms with Crippen molar-refractivity contribution in [1.29, 1.82) is 0 Å². The van der Waals surface area contributed by atoms with Crippen LogP contribution in [0.1, 0.15) is 0 Å². The maximum Gasteiger partial charge on any atom is -0.00204 e. The Kier molecular flexibility index (Phi) is 2.31. The lowest BCUT2D eigenvalue weighted by Gasteiger charge is -2.12. The van der Waals surface area contributed by atoms with Crippen molar-refractivity contribution in [3.63, 3.8) is 0 Å². The van der Waals surface area contributed by atoms with Gasteiger partial charge < -0.3 is 0 Å². The molecule has 0 heterocycles. The van der Waals surface area contributed by atoms with Crippen LogP contribution in [-0.2, 0) is 0 Å². The van der Waals surface area contributed by atoms with Crippen LogP contribution in [0.25, 0.3) is 43.1 Å². The van der Waals surface area contributed by atoms with Crippen molar-refractivity contribution in [3.05, 3.63) is 84.9 Å². The summed E-state index contributed by atoms with van der Waals surface area (Å²) in [5.41, 5.74) is 0. The van der Waals surface area contributed by atoms with Gasteiger partial charge in [-0.3, -0.25) is 0 Å². The zero-order valence-electron chi connectivity index (χ0n) is 12.0. The van der Waals surface area contributed by atoms with E-state index in [0.717, 1.165) is 0 Å². The minimum absolute atomic E-state index is 1.25. The maximum absolute atomic E-state index is 3.19. The average Bonchev–Trinajstić information content (AvgIpc) is 2.61. The van der Waals surface area contributed by atoms with Gasteiger partial charge in [0.05, 0.1) is 0 Å². The van der Waals surface area contributed by atoms with E-state index in [1.54, 1.807) is 0 Å². The Labute approximate surface area is 128 Å². The normalized spacial score (nSPS) is 11.6. The van der Waals surface area contributed by atoms with Gasteiger partial charge >= 0.3 is 0 Å². The van der Waals surface area contributed by atoms with Gasteiger partial charge in [0.25, 0.3) is 0 Å². The first kappa shape index (κ1) is 11.8. The summed E-state index contributed by atoms with van der Waals surface area (Å²) in [7, 11) is 0. The molecule has 0 nitrogen and oxygen atoms in total. The fourth-order valence-electron chi connectivity index (χ4n) is 3.61. The third kappa shape index (κ3) is 1.47. The van der Waals surface area contributed by atoms with E-state index >= 15 is 0 Å². The zero-order chi connectivity index (χ0) is 14.5. The Hall–Kier alpha value is -2.86. The summed E-state index contributed by atoms with van der Waals surface area (Å²) >= 11 is 0. The summed E-state index contributed by atoms with van der Waals surface area (Å²) in [6, 6.07) is 31.3. The van der Waals surface area contributed by atoms with Crippen LogP contribution in [0.5, 0.6) is 0 Å². The molecule has 0 aliphatic carbocycles. The Morgan fingerprint density at radius 3 is 1.82 bits per heavy atom. The Balaban J connectivity index is 2.24. The molecular weight excluding hydrogens is 264 g/mol. The topological polar surface area (TPSA) is 0 Å². The molecule has 0 heteroatoms. The molecule has 5 aromatic carbocycles. The van der Waals surface area contributed by atoms with Crippen LogP contribution in [0.15, 0.2) is 78.9 Å². The molecule has 1 radical (unpaired) electrons. The monoisotopic (exact) mass is 277 g/mol. The second-order valence-electron chi connectivity index (χ2n) is 5.73. The van der Waals surface area contributed by atoms with Crippen LogP contribution in [0.4, 0.5) is 0 Å². The SMILES string of the molecule is [c]1ccc2c(c1)ccc1c3ccccc3c3ccccc3c21. The number of hydrogen-bond acceptors (Lipinski definition) is 0. The van der Waals surface area contributed by atoms with Crippen LogP contribution < -0.4 is 0 Å². The van der Waals surface area contributed by atoms with Crippen molar-refractivity contribution in [3.8, 4) is 0 Å². The van der Waals surface area contributed by atoms with Crippen molar-refractivity contribution in [2.45, 2.75) is 0 Å². The molecule has 22 heavy (non-hydrogen) atoms. The molecule has 0 bridgehead atoms. The van der Waals surface area contributed by atoms with Gasteiger partial charge in [0.1, 0.15) is 0 Å². The molecule has 0 aliphatic heterocycles. The third-order valence-electron chi connectivity index (χ3n) is 4.57. The van der Waals surface area contributed by atoms with Gasteiger partial charge in [0.2, 0.25) is 0 Å². The molecule has 0 spiro atoms. The summed E-state index contributed by atoms with van der Waals surface area (Å²) in [6.07, 6.45) is 0. The molecule has 5 aromatic rings. The first-order valence-electron chi connectivity index (χ1n) is 7.55. The first-order chi connectivity index (χ1) is 10.9. The molecule has 0 N–H and O–H groups in total.